The van der Waals surface area contributed by atoms with E-state index in [2.05, 4.69) is 16.0 Å². The average Bonchev–Trinajstić information content (AvgIpc) is 2.79. The predicted octanol–water partition coefficient (Wildman–Crippen LogP) is 4.78. The Hall–Kier alpha value is -3.58. The van der Waals surface area contributed by atoms with Crippen molar-refractivity contribution < 1.29 is 18.7 Å². The Bertz CT molecular complexity index is 1120. The summed E-state index contributed by atoms with van der Waals surface area (Å²) in [4.78, 5) is 24.6. The van der Waals surface area contributed by atoms with Crippen molar-refractivity contribution in [3.05, 3.63) is 88.2 Å². The Balaban J connectivity index is 1.52. The van der Waals surface area contributed by atoms with Gasteiger partial charge in [0.05, 0.1) is 19.3 Å². The number of halogens is 2. The minimum Gasteiger partial charge on any atom is -0.495 e. The van der Waals surface area contributed by atoms with E-state index in [1.54, 1.807) is 54.6 Å². The van der Waals surface area contributed by atoms with E-state index < -0.39 is 0 Å². The van der Waals surface area contributed by atoms with Crippen LogP contribution in [0.4, 0.5) is 15.8 Å². The second-order valence-corrected chi connectivity index (χ2v) is 7.46. The van der Waals surface area contributed by atoms with Crippen molar-refractivity contribution in [3.8, 4) is 5.75 Å². The molecule has 0 radical (unpaired) electrons. The van der Waals surface area contributed by atoms with Crippen LogP contribution in [0.2, 0.25) is 5.02 Å². The standard InChI is InChI=1S/C24H23ClFN3O3/c1-15-11-21(22(32-2)12-19(15)25)29-23(30)14-27-18-9-7-16(8-10-18)24(31)28-13-17-5-3-4-6-20(17)26/h3-12,27H,13-14H2,1-2H3,(H,28,31)(H,29,30). The number of hydrogen-bond acceptors (Lipinski definition) is 4. The third-order valence-electron chi connectivity index (χ3n) is 4.75. The van der Waals surface area contributed by atoms with E-state index in [9.17, 15) is 14.0 Å². The number of nitrogens with one attached hydrogen (secondary N) is 3. The molecule has 8 heteroatoms. The number of hydrogen-bond donors (Lipinski definition) is 3. The minimum atomic E-state index is -0.364. The molecule has 0 atom stereocenters. The first-order valence-corrected chi connectivity index (χ1v) is 10.2. The van der Waals surface area contributed by atoms with Gasteiger partial charge in [-0.1, -0.05) is 29.8 Å². The molecule has 32 heavy (non-hydrogen) atoms. The van der Waals surface area contributed by atoms with Gasteiger partial charge < -0.3 is 20.7 Å². The van der Waals surface area contributed by atoms with Crippen molar-refractivity contribution in [1.29, 1.82) is 0 Å². The number of anilines is 2. The molecule has 3 aromatic rings. The molecule has 166 valence electrons. The van der Waals surface area contributed by atoms with E-state index in [1.165, 1.54) is 13.2 Å². The maximum atomic E-state index is 13.7. The van der Waals surface area contributed by atoms with Gasteiger partial charge in [0.1, 0.15) is 11.6 Å². The Labute approximate surface area is 190 Å². The van der Waals surface area contributed by atoms with Crippen molar-refractivity contribution in [2.75, 3.05) is 24.3 Å². The number of methoxy groups -OCH3 is 1. The van der Waals surface area contributed by atoms with Crippen LogP contribution in [0, 0.1) is 12.7 Å². The molecule has 0 spiro atoms. The molecule has 0 unspecified atom stereocenters. The lowest BCUT2D eigenvalue weighted by molar-refractivity contribution is -0.114. The van der Waals surface area contributed by atoms with E-state index in [-0.39, 0.29) is 30.7 Å². The van der Waals surface area contributed by atoms with Crippen LogP contribution >= 0.6 is 11.6 Å². The first-order chi connectivity index (χ1) is 15.4. The number of rotatable bonds is 8. The lowest BCUT2D eigenvalue weighted by Gasteiger charge is -2.13. The average molecular weight is 456 g/mol. The molecule has 0 aliphatic rings. The van der Waals surface area contributed by atoms with Gasteiger partial charge in [-0.05, 0) is 48.9 Å². The van der Waals surface area contributed by atoms with Gasteiger partial charge >= 0.3 is 0 Å². The maximum absolute atomic E-state index is 13.7. The molecule has 3 aromatic carbocycles. The van der Waals surface area contributed by atoms with E-state index in [0.717, 1.165) is 5.56 Å². The second kappa shape index (κ2) is 10.6. The van der Waals surface area contributed by atoms with Crippen LogP contribution in [0.1, 0.15) is 21.5 Å². The summed E-state index contributed by atoms with van der Waals surface area (Å²) >= 11 is 6.08. The van der Waals surface area contributed by atoms with Gasteiger partial charge in [-0.15, -0.1) is 0 Å². The van der Waals surface area contributed by atoms with Gasteiger partial charge in [0.2, 0.25) is 5.91 Å². The maximum Gasteiger partial charge on any atom is 0.251 e. The molecular weight excluding hydrogens is 433 g/mol. The number of ether oxygens (including phenoxy) is 1. The van der Waals surface area contributed by atoms with E-state index in [4.69, 9.17) is 16.3 Å². The highest BCUT2D eigenvalue weighted by Crippen LogP contribution is 2.30. The van der Waals surface area contributed by atoms with Crippen LogP contribution in [-0.4, -0.2) is 25.5 Å². The fourth-order valence-corrected chi connectivity index (χ4v) is 3.12. The Kier molecular flexibility index (Phi) is 7.68. The van der Waals surface area contributed by atoms with Gasteiger partial charge in [-0.3, -0.25) is 9.59 Å². The highest BCUT2D eigenvalue weighted by molar-refractivity contribution is 6.31. The first kappa shape index (κ1) is 23.1. The quantitative estimate of drug-likeness (QED) is 0.457. The lowest BCUT2D eigenvalue weighted by atomic mass is 10.1. The Morgan fingerprint density at radius 2 is 1.78 bits per heavy atom. The van der Waals surface area contributed by atoms with Crippen molar-refractivity contribution in [2.24, 2.45) is 0 Å². The van der Waals surface area contributed by atoms with Crippen LogP contribution in [0.5, 0.6) is 5.75 Å². The van der Waals surface area contributed by atoms with Crippen LogP contribution in [0.25, 0.3) is 0 Å². The predicted molar refractivity (Wildman–Crippen MR) is 124 cm³/mol. The topological polar surface area (TPSA) is 79.5 Å². The molecule has 0 fully saturated rings. The summed E-state index contributed by atoms with van der Waals surface area (Å²) < 4.78 is 18.9. The molecular formula is C24H23ClFN3O3. The van der Waals surface area contributed by atoms with Gasteiger partial charge in [-0.25, -0.2) is 4.39 Å². The van der Waals surface area contributed by atoms with Crippen molar-refractivity contribution in [2.45, 2.75) is 13.5 Å². The summed E-state index contributed by atoms with van der Waals surface area (Å²) in [5.74, 6) is -0.476. The van der Waals surface area contributed by atoms with E-state index in [0.29, 0.717) is 33.3 Å². The van der Waals surface area contributed by atoms with Gasteiger partial charge in [0.15, 0.2) is 0 Å². The molecule has 3 rings (SSSR count). The van der Waals surface area contributed by atoms with Crippen LogP contribution in [-0.2, 0) is 11.3 Å². The monoisotopic (exact) mass is 455 g/mol. The molecule has 6 nitrogen and oxygen atoms in total. The van der Waals surface area contributed by atoms with Crippen molar-refractivity contribution in [1.82, 2.24) is 5.32 Å². The van der Waals surface area contributed by atoms with Crippen LogP contribution in [0.15, 0.2) is 60.7 Å². The third kappa shape index (κ3) is 5.98. The molecule has 0 heterocycles. The zero-order valence-electron chi connectivity index (χ0n) is 17.7. The van der Waals surface area contributed by atoms with E-state index >= 15 is 0 Å². The molecule has 2 amide bonds. The Morgan fingerprint density at radius 3 is 2.47 bits per heavy atom. The first-order valence-electron chi connectivity index (χ1n) is 9.87. The zero-order chi connectivity index (χ0) is 23.1. The van der Waals surface area contributed by atoms with E-state index in [1.807, 2.05) is 6.92 Å². The minimum absolute atomic E-state index is 0.0175. The molecule has 0 aliphatic carbocycles. The van der Waals surface area contributed by atoms with Gasteiger partial charge in [0.25, 0.3) is 5.91 Å². The summed E-state index contributed by atoms with van der Waals surface area (Å²) in [6.07, 6.45) is 0. The molecule has 0 bridgehead atoms. The van der Waals surface area contributed by atoms with Crippen molar-refractivity contribution >= 4 is 34.8 Å². The molecule has 0 saturated heterocycles. The lowest BCUT2D eigenvalue weighted by Crippen LogP contribution is -2.23. The third-order valence-corrected chi connectivity index (χ3v) is 5.16. The molecule has 3 N–H and O–H groups in total. The summed E-state index contributed by atoms with van der Waals surface area (Å²) in [6.45, 7) is 1.95. The summed E-state index contributed by atoms with van der Waals surface area (Å²) in [5.41, 5.74) is 2.86. The zero-order valence-corrected chi connectivity index (χ0v) is 18.4. The molecule has 0 saturated carbocycles. The summed E-state index contributed by atoms with van der Waals surface area (Å²) in [7, 11) is 1.50. The highest BCUT2D eigenvalue weighted by Gasteiger charge is 2.11. The van der Waals surface area contributed by atoms with Crippen molar-refractivity contribution in [3.63, 3.8) is 0 Å². The number of amides is 2. The smallest absolute Gasteiger partial charge is 0.251 e. The number of carbonyl (C=O) groups excluding carboxylic acids is 2. The normalized spacial score (nSPS) is 10.4. The fraction of sp³-hybridized carbons (Fsp3) is 0.167. The second-order valence-electron chi connectivity index (χ2n) is 7.05. The SMILES string of the molecule is COc1cc(Cl)c(C)cc1NC(=O)CNc1ccc(C(=O)NCc2ccccc2F)cc1. The summed E-state index contributed by atoms with van der Waals surface area (Å²) in [6, 6.07) is 16.3. The number of carbonyl (C=O) groups is 2. The Morgan fingerprint density at radius 1 is 1.06 bits per heavy atom. The molecule has 0 aromatic heterocycles. The summed E-state index contributed by atoms with van der Waals surface area (Å²) in [5, 5.41) is 9.03. The highest BCUT2D eigenvalue weighted by atomic mass is 35.5. The van der Waals surface area contributed by atoms with Crippen LogP contribution in [0.3, 0.4) is 0 Å². The van der Waals surface area contributed by atoms with Gasteiger partial charge in [0, 0.05) is 34.4 Å². The van der Waals surface area contributed by atoms with Gasteiger partial charge in [-0.2, -0.15) is 0 Å². The fourth-order valence-electron chi connectivity index (χ4n) is 2.97. The number of benzene rings is 3. The van der Waals surface area contributed by atoms with Crippen LogP contribution < -0.4 is 20.7 Å². The largest absolute Gasteiger partial charge is 0.495 e. The molecule has 0 aliphatic heterocycles. The number of aryl methyl sites for hydroxylation is 1.